The van der Waals surface area contributed by atoms with E-state index in [-0.39, 0.29) is 5.41 Å². The first-order valence-electron chi connectivity index (χ1n) is 7.09. The first-order chi connectivity index (χ1) is 9.16. The van der Waals surface area contributed by atoms with Crippen molar-refractivity contribution < 1.29 is 0 Å². The van der Waals surface area contributed by atoms with Crippen LogP contribution in [-0.2, 0) is 5.41 Å². The van der Waals surface area contributed by atoms with Gasteiger partial charge in [-0.15, -0.1) is 10.2 Å². The van der Waals surface area contributed by atoms with Gasteiger partial charge in [-0.2, -0.15) is 9.61 Å². The molecule has 0 spiro atoms. The van der Waals surface area contributed by atoms with Crippen molar-refractivity contribution in [2.24, 2.45) is 5.73 Å². The molecule has 0 radical (unpaired) electrons. The molecule has 5 nitrogen and oxygen atoms in total. The Bertz CT molecular complexity index is 565. The zero-order valence-electron chi connectivity index (χ0n) is 11.6. The molecule has 6 heteroatoms. The second-order valence-electron chi connectivity index (χ2n) is 5.86. The molecule has 0 unspecified atom stereocenters. The zero-order chi connectivity index (χ0) is 13.5. The lowest BCUT2D eigenvalue weighted by atomic mass is 9.74. The van der Waals surface area contributed by atoms with Crippen molar-refractivity contribution in [2.75, 3.05) is 6.54 Å². The first kappa shape index (κ1) is 13.0. The average molecular weight is 279 g/mol. The van der Waals surface area contributed by atoms with Gasteiger partial charge in [0.2, 0.25) is 4.96 Å². The minimum Gasteiger partial charge on any atom is -0.329 e. The highest BCUT2D eigenvalue weighted by Gasteiger charge is 2.36. The highest BCUT2D eigenvalue weighted by molar-refractivity contribution is 7.16. The molecule has 1 fully saturated rings. The van der Waals surface area contributed by atoms with Crippen molar-refractivity contribution in [1.82, 2.24) is 19.8 Å². The maximum atomic E-state index is 6.08. The number of fused-ring (bicyclic) bond motifs is 1. The molecule has 0 aliphatic heterocycles. The van der Waals surface area contributed by atoms with E-state index in [0.29, 0.717) is 12.5 Å². The SMILES string of the molecule is CC(C)c1nnc2sc(C3(CN)CCCCC3)nn12. The Hall–Kier alpha value is -1.01. The van der Waals surface area contributed by atoms with Crippen molar-refractivity contribution in [3.63, 3.8) is 0 Å². The van der Waals surface area contributed by atoms with Crippen LogP contribution in [0.5, 0.6) is 0 Å². The standard InChI is InChI=1S/C13H21N5S/c1-9(2)10-15-16-12-18(10)17-11(19-12)13(8-14)6-4-3-5-7-13/h9H,3-8,14H2,1-2H3. The lowest BCUT2D eigenvalue weighted by Crippen LogP contribution is -2.37. The second kappa shape index (κ2) is 4.83. The Morgan fingerprint density at radius 2 is 2.00 bits per heavy atom. The fraction of sp³-hybridized carbons (Fsp3) is 0.769. The molecule has 0 aromatic carbocycles. The van der Waals surface area contributed by atoms with Crippen LogP contribution in [0.1, 0.15) is 62.7 Å². The van der Waals surface area contributed by atoms with E-state index < -0.39 is 0 Å². The van der Waals surface area contributed by atoms with Crippen molar-refractivity contribution in [3.05, 3.63) is 10.8 Å². The molecule has 19 heavy (non-hydrogen) atoms. The summed E-state index contributed by atoms with van der Waals surface area (Å²) in [4.78, 5) is 0.900. The molecule has 1 aliphatic carbocycles. The van der Waals surface area contributed by atoms with Crippen LogP contribution < -0.4 is 5.73 Å². The van der Waals surface area contributed by atoms with Gasteiger partial charge in [0, 0.05) is 17.9 Å². The molecule has 2 heterocycles. The zero-order valence-corrected chi connectivity index (χ0v) is 12.4. The molecule has 2 aromatic rings. The Morgan fingerprint density at radius 1 is 1.26 bits per heavy atom. The van der Waals surface area contributed by atoms with Crippen molar-refractivity contribution in [1.29, 1.82) is 0 Å². The smallest absolute Gasteiger partial charge is 0.234 e. The number of nitrogens with zero attached hydrogens (tertiary/aromatic N) is 4. The van der Waals surface area contributed by atoms with Gasteiger partial charge in [0.1, 0.15) is 5.01 Å². The number of rotatable bonds is 3. The van der Waals surface area contributed by atoms with E-state index in [2.05, 4.69) is 24.0 Å². The molecule has 3 rings (SSSR count). The normalized spacial score (nSPS) is 19.4. The molecule has 0 amide bonds. The lowest BCUT2D eigenvalue weighted by Gasteiger charge is -2.33. The summed E-state index contributed by atoms with van der Waals surface area (Å²) in [6.07, 6.45) is 6.15. The number of aromatic nitrogens is 4. The van der Waals surface area contributed by atoms with Gasteiger partial charge in [-0.25, -0.2) is 0 Å². The largest absolute Gasteiger partial charge is 0.329 e. The molecule has 1 aliphatic rings. The van der Waals surface area contributed by atoms with Crippen LogP contribution in [0.15, 0.2) is 0 Å². The lowest BCUT2D eigenvalue weighted by molar-refractivity contribution is 0.297. The van der Waals surface area contributed by atoms with Gasteiger partial charge in [-0.1, -0.05) is 44.4 Å². The van der Waals surface area contributed by atoms with Crippen LogP contribution in [0.3, 0.4) is 0 Å². The number of nitrogens with two attached hydrogens (primary N) is 1. The second-order valence-corrected chi connectivity index (χ2v) is 6.82. The van der Waals surface area contributed by atoms with Gasteiger partial charge in [0.05, 0.1) is 0 Å². The predicted molar refractivity (Wildman–Crippen MR) is 76.6 cm³/mol. The van der Waals surface area contributed by atoms with Gasteiger partial charge < -0.3 is 5.73 Å². The average Bonchev–Trinajstić information content (AvgIpc) is 2.99. The number of hydrogen-bond donors (Lipinski definition) is 1. The van der Waals surface area contributed by atoms with Gasteiger partial charge in [0.15, 0.2) is 5.82 Å². The van der Waals surface area contributed by atoms with Crippen LogP contribution in [-0.4, -0.2) is 26.4 Å². The molecule has 104 valence electrons. The van der Waals surface area contributed by atoms with Gasteiger partial charge in [-0.3, -0.25) is 0 Å². The molecule has 0 saturated heterocycles. The van der Waals surface area contributed by atoms with Crippen LogP contribution in [0.4, 0.5) is 0 Å². The maximum Gasteiger partial charge on any atom is 0.234 e. The fourth-order valence-corrected chi connectivity index (χ4v) is 4.04. The molecule has 0 atom stereocenters. The monoisotopic (exact) mass is 279 g/mol. The van der Waals surface area contributed by atoms with E-state index in [1.807, 2.05) is 4.52 Å². The van der Waals surface area contributed by atoms with E-state index in [1.165, 1.54) is 19.3 Å². The molecule has 2 N–H and O–H groups in total. The third kappa shape index (κ3) is 2.07. The van der Waals surface area contributed by atoms with Gasteiger partial charge in [0.25, 0.3) is 0 Å². The Labute approximate surface area is 117 Å². The third-order valence-corrected chi connectivity index (χ3v) is 5.33. The summed E-state index contributed by atoms with van der Waals surface area (Å²) < 4.78 is 1.91. The van der Waals surface area contributed by atoms with E-state index >= 15 is 0 Å². The summed E-state index contributed by atoms with van der Waals surface area (Å²) in [5.41, 5.74) is 6.16. The van der Waals surface area contributed by atoms with Crippen LogP contribution >= 0.6 is 11.3 Å². The fourth-order valence-electron chi connectivity index (χ4n) is 2.94. The van der Waals surface area contributed by atoms with Crippen molar-refractivity contribution in [3.8, 4) is 0 Å². The maximum absolute atomic E-state index is 6.08. The molecule has 0 bridgehead atoms. The Kier molecular flexibility index (Phi) is 3.30. The summed E-state index contributed by atoms with van der Waals surface area (Å²) in [5.74, 6) is 1.28. The minimum absolute atomic E-state index is 0.0812. The van der Waals surface area contributed by atoms with E-state index in [4.69, 9.17) is 10.8 Å². The minimum atomic E-state index is 0.0812. The summed E-state index contributed by atoms with van der Waals surface area (Å²) in [6, 6.07) is 0. The summed E-state index contributed by atoms with van der Waals surface area (Å²) >= 11 is 1.66. The van der Waals surface area contributed by atoms with Gasteiger partial charge >= 0.3 is 0 Å². The Balaban J connectivity index is 2.04. The molecule has 2 aromatic heterocycles. The van der Waals surface area contributed by atoms with E-state index in [0.717, 1.165) is 28.6 Å². The summed E-state index contributed by atoms with van der Waals surface area (Å²) in [5, 5.41) is 14.4. The predicted octanol–water partition coefficient (Wildman–Crippen LogP) is 2.47. The van der Waals surface area contributed by atoms with Crippen LogP contribution in [0.25, 0.3) is 4.96 Å². The van der Waals surface area contributed by atoms with E-state index in [1.54, 1.807) is 11.3 Å². The van der Waals surface area contributed by atoms with Crippen LogP contribution in [0.2, 0.25) is 0 Å². The highest BCUT2D eigenvalue weighted by Crippen LogP contribution is 2.40. The molecular weight excluding hydrogens is 258 g/mol. The summed E-state index contributed by atoms with van der Waals surface area (Å²) in [7, 11) is 0. The van der Waals surface area contributed by atoms with Crippen LogP contribution in [0, 0.1) is 0 Å². The quantitative estimate of drug-likeness (QED) is 0.937. The van der Waals surface area contributed by atoms with E-state index in [9.17, 15) is 0 Å². The topological polar surface area (TPSA) is 69.1 Å². The molecular formula is C13H21N5S. The number of hydrogen-bond acceptors (Lipinski definition) is 5. The highest BCUT2D eigenvalue weighted by atomic mass is 32.1. The van der Waals surface area contributed by atoms with Crippen molar-refractivity contribution >= 4 is 16.3 Å². The Morgan fingerprint density at radius 3 is 2.63 bits per heavy atom. The van der Waals surface area contributed by atoms with Crippen molar-refractivity contribution in [2.45, 2.75) is 57.3 Å². The summed E-state index contributed by atoms with van der Waals surface area (Å²) in [6.45, 7) is 4.93. The molecule has 1 saturated carbocycles. The van der Waals surface area contributed by atoms with Gasteiger partial charge in [-0.05, 0) is 12.8 Å². The third-order valence-electron chi connectivity index (χ3n) is 4.19. The first-order valence-corrected chi connectivity index (χ1v) is 7.91.